The molecule has 1 aliphatic rings. The lowest BCUT2D eigenvalue weighted by Gasteiger charge is -2.09. The molecule has 3 heteroatoms. The van der Waals surface area contributed by atoms with Gasteiger partial charge in [0.05, 0.1) is 6.20 Å². The van der Waals surface area contributed by atoms with E-state index in [1.165, 1.54) is 38.5 Å². The van der Waals surface area contributed by atoms with E-state index in [-0.39, 0.29) is 5.38 Å². The summed E-state index contributed by atoms with van der Waals surface area (Å²) >= 11 is 5.93. The average molecular weight is 228 g/mol. The molecule has 1 saturated carbocycles. The molecule has 0 spiro atoms. The molecule has 0 N–H and O–H groups in total. The molecule has 2 rings (SSSR count). The smallest absolute Gasteiger partial charge is 0.212 e. The van der Waals surface area contributed by atoms with Gasteiger partial charge in [0, 0.05) is 5.92 Å². The predicted octanol–water partition coefficient (Wildman–Crippen LogP) is 4.41. The first kappa shape index (κ1) is 11.0. The van der Waals surface area contributed by atoms with Crippen LogP contribution in [0.1, 0.15) is 68.4 Å². The first-order valence-electron chi connectivity index (χ1n) is 5.87. The van der Waals surface area contributed by atoms with Crippen LogP contribution in [0.5, 0.6) is 0 Å². The van der Waals surface area contributed by atoms with E-state index in [0.29, 0.717) is 11.8 Å². The second kappa shape index (κ2) is 5.02. The first-order valence-corrected chi connectivity index (χ1v) is 6.30. The van der Waals surface area contributed by atoms with E-state index in [9.17, 15) is 0 Å². The summed E-state index contributed by atoms with van der Waals surface area (Å²) in [6.07, 6.45) is 9.71. The van der Waals surface area contributed by atoms with Crippen molar-refractivity contribution >= 4 is 11.6 Å². The highest BCUT2D eigenvalue weighted by molar-refractivity contribution is 6.20. The van der Waals surface area contributed by atoms with Crippen LogP contribution in [0.3, 0.4) is 0 Å². The van der Waals surface area contributed by atoms with Crippen molar-refractivity contribution < 1.29 is 4.42 Å². The maximum absolute atomic E-state index is 5.93. The molecule has 1 heterocycles. The maximum Gasteiger partial charge on any atom is 0.212 e. The van der Waals surface area contributed by atoms with E-state index in [2.05, 4.69) is 4.98 Å². The van der Waals surface area contributed by atoms with Gasteiger partial charge in [0.2, 0.25) is 5.89 Å². The number of rotatable bonds is 2. The van der Waals surface area contributed by atoms with E-state index in [1.807, 2.05) is 13.1 Å². The fraction of sp³-hybridized carbons (Fsp3) is 0.750. The Bertz CT molecular complexity index is 300. The lowest BCUT2D eigenvalue weighted by Crippen LogP contribution is -1.94. The number of hydrogen-bond acceptors (Lipinski definition) is 2. The van der Waals surface area contributed by atoms with Crippen molar-refractivity contribution in [1.29, 1.82) is 0 Å². The Labute approximate surface area is 96.0 Å². The van der Waals surface area contributed by atoms with Gasteiger partial charge >= 0.3 is 0 Å². The molecule has 1 aromatic rings. The molecule has 1 fully saturated rings. The SMILES string of the molecule is CC(Cl)c1ncc(C2CCCCCC2)o1. The van der Waals surface area contributed by atoms with Gasteiger partial charge in [0.15, 0.2) is 0 Å². The Morgan fingerprint density at radius 3 is 2.53 bits per heavy atom. The maximum atomic E-state index is 5.93. The fourth-order valence-corrected chi connectivity index (χ4v) is 2.34. The molecular weight excluding hydrogens is 210 g/mol. The van der Waals surface area contributed by atoms with Crippen molar-refractivity contribution in [3.8, 4) is 0 Å². The van der Waals surface area contributed by atoms with Gasteiger partial charge in [-0.15, -0.1) is 11.6 Å². The monoisotopic (exact) mass is 227 g/mol. The summed E-state index contributed by atoms with van der Waals surface area (Å²) in [6.45, 7) is 1.89. The Morgan fingerprint density at radius 2 is 2.00 bits per heavy atom. The third-order valence-electron chi connectivity index (χ3n) is 3.14. The Morgan fingerprint density at radius 1 is 1.33 bits per heavy atom. The van der Waals surface area contributed by atoms with Crippen LogP contribution in [0, 0.1) is 0 Å². The standard InChI is InChI=1S/C12H18ClNO/c1-9(13)12-14-8-11(15-12)10-6-4-2-3-5-7-10/h8-10H,2-7H2,1H3. The molecule has 1 atom stereocenters. The quantitative estimate of drug-likeness (QED) is 0.553. The van der Waals surface area contributed by atoms with Gasteiger partial charge in [-0.1, -0.05) is 25.7 Å². The van der Waals surface area contributed by atoms with Gasteiger partial charge in [-0.3, -0.25) is 0 Å². The van der Waals surface area contributed by atoms with Crippen molar-refractivity contribution in [3.63, 3.8) is 0 Å². The highest BCUT2D eigenvalue weighted by atomic mass is 35.5. The minimum atomic E-state index is -0.121. The molecule has 84 valence electrons. The van der Waals surface area contributed by atoms with E-state index in [0.717, 1.165) is 5.76 Å². The second-order valence-electron chi connectivity index (χ2n) is 4.41. The number of halogens is 1. The number of hydrogen-bond donors (Lipinski definition) is 0. The van der Waals surface area contributed by atoms with Crippen molar-refractivity contribution in [2.75, 3.05) is 0 Å². The molecule has 0 bridgehead atoms. The van der Waals surface area contributed by atoms with Gasteiger partial charge in [0.1, 0.15) is 11.1 Å². The normalized spacial score (nSPS) is 21.2. The van der Waals surface area contributed by atoms with E-state index in [4.69, 9.17) is 16.0 Å². The zero-order chi connectivity index (χ0) is 10.7. The Hall–Kier alpha value is -0.500. The summed E-state index contributed by atoms with van der Waals surface area (Å²) in [5, 5.41) is -0.121. The second-order valence-corrected chi connectivity index (χ2v) is 5.06. The van der Waals surface area contributed by atoms with Crippen LogP contribution in [-0.2, 0) is 0 Å². The average Bonchev–Trinajstić information content (AvgIpc) is 2.55. The van der Waals surface area contributed by atoms with Gasteiger partial charge in [-0.25, -0.2) is 4.98 Å². The third-order valence-corrected chi connectivity index (χ3v) is 3.33. The van der Waals surface area contributed by atoms with E-state index >= 15 is 0 Å². The van der Waals surface area contributed by atoms with Crippen LogP contribution in [0.25, 0.3) is 0 Å². The van der Waals surface area contributed by atoms with Crippen molar-refractivity contribution in [2.45, 2.75) is 56.7 Å². The molecule has 15 heavy (non-hydrogen) atoms. The largest absolute Gasteiger partial charge is 0.444 e. The van der Waals surface area contributed by atoms with Crippen LogP contribution in [0.15, 0.2) is 10.6 Å². The van der Waals surface area contributed by atoms with Crippen LogP contribution < -0.4 is 0 Å². The van der Waals surface area contributed by atoms with Crippen molar-refractivity contribution in [3.05, 3.63) is 17.8 Å². The molecule has 1 unspecified atom stereocenters. The lowest BCUT2D eigenvalue weighted by atomic mass is 9.98. The molecule has 0 radical (unpaired) electrons. The van der Waals surface area contributed by atoms with Gasteiger partial charge in [0.25, 0.3) is 0 Å². The van der Waals surface area contributed by atoms with Crippen LogP contribution >= 0.6 is 11.6 Å². The van der Waals surface area contributed by atoms with Crippen LogP contribution in [0.2, 0.25) is 0 Å². The predicted molar refractivity (Wildman–Crippen MR) is 61.2 cm³/mol. The number of nitrogens with zero attached hydrogens (tertiary/aromatic N) is 1. The number of aromatic nitrogens is 1. The molecule has 2 nitrogen and oxygen atoms in total. The number of oxazole rings is 1. The fourth-order valence-electron chi connectivity index (χ4n) is 2.24. The van der Waals surface area contributed by atoms with Crippen molar-refractivity contribution in [2.24, 2.45) is 0 Å². The summed E-state index contributed by atoms with van der Waals surface area (Å²) in [4.78, 5) is 4.22. The lowest BCUT2D eigenvalue weighted by molar-refractivity contribution is 0.404. The molecular formula is C12H18ClNO. The molecule has 1 aliphatic carbocycles. The summed E-state index contributed by atoms with van der Waals surface area (Å²) in [5.41, 5.74) is 0. The van der Waals surface area contributed by atoms with Gasteiger partial charge < -0.3 is 4.42 Å². The zero-order valence-electron chi connectivity index (χ0n) is 9.21. The summed E-state index contributed by atoms with van der Waals surface area (Å²) in [5.74, 6) is 2.28. The Balaban J connectivity index is 2.06. The van der Waals surface area contributed by atoms with Crippen LogP contribution in [-0.4, -0.2) is 4.98 Å². The third kappa shape index (κ3) is 2.75. The molecule has 0 saturated heterocycles. The summed E-state index contributed by atoms with van der Waals surface area (Å²) < 4.78 is 5.70. The number of alkyl halides is 1. The minimum absolute atomic E-state index is 0.121. The van der Waals surface area contributed by atoms with Crippen LogP contribution in [0.4, 0.5) is 0 Å². The Kier molecular flexibility index (Phi) is 3.68. The summed E-state index contributed by atoms with van der Waals surface area (Å²) in [6, 6.07) is 0. The zero-order valence-corrected chi connectivity index (χ0v) is 9.96. The van der Waals surface area contributed by atoms with Crippen molar-refractivity contribution in [1.82, 2.24) is 4.98 Å². The molecule has 1 aromatic heterocycles. The van der Waals surface area contributed by atoms with Gasteiger partial charge in [-0.05, 0) is 19.8 Å². The highest BCUT2D eigenvalue weighted by Crippen LogP contribution is 2.33. The highest BCUT2D eigenvalue weighted by Gasteiger charge is 2.19. The summed E-state index contributed by atoms with van der Waals surface area (Å²) in [7, 11) is 0. The minimum Gasteiger partial charge on any atom is -0.444 e. The van der Waals surface area contributed by atoms with E-state index < -0.39 is 0 Å². The molecule has 0 aliphatic heterocycles. The molecule has 0 amide bonds. The first-order chi connectivity index (χ1) is 7.27. The topological polar surface area (TPSA) is 26.0 Å². The van der Waals surface area contributed by atoms with E-state index in [1.54, 1.807) is 0 Å². The molecule has 0 aromatic carbocycles. The van der Waals surface area contributed by atoms with Gasteiger partial charge in [-0.2, -0.15) is 0 Å².